The molecule has 0 heterocycles. The molecule has 0 unspecified atom stereocenters. The number of halogens is 1. The van der Waals surface area contributed by atoms with Crippen molar-refractivity contribution in [2.45, 2.75) is 13.0 Å². The van der Waals surface area contributed by atoms with E-state index in [1.165, 1.54) is 6.07 Å². The van der Waals surface area contributed by atoms with Gasteiger partial charge in [-0.2, -0.15) is 0 Å². The van der Waals surface area contributed by atoms with Crippen molar-refractivity contribution in [3.8, 4) is 5.75 Å². The number of hydrogen-bond donors (Lipinski definition) is 2. The Morgan fingerprint density at radius 2 is 2.21 bits per heavy atom. The molecular formula is C10H14FNO2. The summed E-state index contributed by atoms with van der Waals surface area (Å²) in [4.78, 5) is 0. The van der Waals surface area contributed by atoms with E-state index in [9.17, 15) is 4.39 Å². The molecule has 4 heteroatoms. The Kier molecular flexibility index (Phi) is 4.35. The van der Waals surface area contributed by atoms with Gasteiger partial charge in [0.25, 0.3) is 0 Å². The second kappa shape index (κ2) is 5.57. The average Bonchev–Trinajstić information content (AvgIpc) is 2.18. The highest BCUT2D eigenvalue weighted by Gasteiger charge is 2.06. The molecule has 0 aliphatic heterocycles. The highest BCUT2D eigenvalue weighted by Crippen LogP contribution is 2.20. The maximum atomic E-state index is 13.2. The third-order valence-corrected chi connectivity index (χ3v) is 1.84. The van der Waals surface area contributed by atoms with Gasteiger partial charge in [-0.1, -0.05) is 6.07 Å². The average molecular weight is 199 g/mol. The van der Waals surface area contributed by atoms with Gasteiger partial charge in [0.1, 0.15) is 11.6 Å². The van der Waals surface area contributed by atoms with E-state index in [1.54, 1.807) is 12.1 Å². The summed E-state index contributed by atoms with van der Waals surface area (Å²) in [6.45, 7) is 0.543. The molecule has 0 aliphatic rings. The van der Waals surface area contributed by atoms with E-state index in [4.69, 9.17) is 15.6 Å². The molecule has 3 nitrogen and oxygen atoms in total. The zero-order valence-electron chi connectivity index (χ0n) is 7.87. The van der Waals surface area contributed by atoms with Crippen LogP contribution in [0.3, 0.4) is 0 Å². The number of aliphatic hydroxyl groups excluding tert-OH is 1. The smallest absolute Gasteiger partial charge is 0.131 e. The van der Waals surface area contributed by atoms with Gasteiger partial charge in [-0.25, -0.2) is 4.39 Å². The van der Waals surface area contributed by atoms with Crippen molar-refractivity contribution in [2.75, 3.05) is 13.2 Å². The van der Waals surface area contributed by atoms with Gasteiger partial charge < -0.3 is 15.6 Å². The summed E-state index contributed by atoms with van der Waals surface area (Å²) in [5.74, 6) is 0.106. The molecule has 1 aromatic carbocycles. The summed E-state index contributed by atoms with van der Waals surface area (Å²) in [7, 11) is 0. The molecule has 1 aromatic rings. The van der Waals surface area contributed by atoms with E-state index < -0.39 is 0 Å². The van der Waals surface area contributed by atoms with Crippen LogP contribution >= 0.6 is 0 Å². The molecule has 0 amide bonds. The minimum Gasteiger partial charge on any atom is -0.493 e. The number of nitrogens with two attached hydrogens (primary N) is 1. The summed E-state index contributed by atoms with van der Waals surface area (Å²) in [5, 5.41) is 8.55. The molecule has 0 saturated heterocycles. The topological polar surface area (TPSA) is 55.5 Å². The summed E-state index contributed by atoms with van der Waals surface area (Å²) in [6.07, 6.45) is 0.528. The normalized spacial score (nSPS) is 10.2. The molecular weight excluding hydrogens is 185 g/mol. The van der Waals surface area contributed by atoms with Gasteiger partial charge in [0.2, 0.25) is 0 Å². The number of ether oxygens (including phenoxy) is 1. The van der Waals surface area contributed by atoms with Crippen LogP contribution in [0.4, 0.5) is 4.39 Å². The van der Waals surface area contributed by atoms with Gasteiger partial charge >= 0.3 is 0 Å². The predicted molar refractivity (Wildman–Crippen MR) is 51.5 cm³/mol. The molecule has 0 atom stereocenters. The number of benzene rings is 1. The Morgan fingerprint density at radius 1 is 1.43 bits per heavy atom. The fraction of sp³-hybridized carbons (Fsp3) is 0.400. The van der Waals surface area contributed by atoms with E-state index in [2.05, 4.69) is 0 Å². The van der Waals surface area contributed by atoms with Crippen LogP contribution in [-0.2, 0) is 6.54 Å². The van der Waals surface area contributed by atoms with Crippen LogP contribution in [0.1, 0.15) is 12.0 Å². The summed E-state index contributed by atoms with van der Waals surface area (Å²) < 4.78 is 18.4. The molecule has 0 aromatic heterocycles. The van der Waals surface area contributed by atoms with E-state index in [0.717, 1.165) is 0 Å². The quantitative estimate of drug-likeness (QED) is 0.697. The second-order valence-corrected chi connectivity index (χ2v) is 2.85. The zero-order chi connectivity index (χ0) is 10.4. The lowest BCUT2D eigenvalue weighted by molar-refractivity contribution is 0.232. The minimum absolute atomic E-state index is 0.0628. The number of hydrogen-bond acceptors (Lipinski definition) is 3. The molecule has 0 radical (unpaired) electrons. The molecule has 0 saturated carbocycles. The SMILES string of the molecule is NCc1c(F)cccc1OCCCO. The lowest BCUT2D eigenvalue weighted by Gasteiger charge is -2.09. The molecule has 14 heavy (non-hydrogen) atoms. The van der Waals surface area contributed by atoms with Crippen molar-refractivity contribution in [2.24, 2.45) is 5.73 Å². The number of aliphatic hydroxyl groups is 1. The summed E-state index contributed by atoms with van der Waals surface area (Å²) >= 11 is 0. The largest absolute Gasteiger partial charge is 0.493 e. The summed E-state index contributed by atoms with van der Waals surface area (Å²) in [6, 6.07) is 4.59. The van der Waals surface area contributed by atoms with Crippen LogP contribution in [0.25, 0.3) is 0 Å². The third kappa shape index (κ3) is 2.68. The van der Waals surface area contributed by atoms with Crippen molar-refractivity contribution in [3.05, 3.63) is 29.6 Å². The molecule has 1 rings (SSSR count). The maximum absolute atomic E-state index is 13.2. The fourth-order valence-electron chi connectivity index (χ4n) is 1.12. The van der Waals surface area contributed by atoms with Crippen molar-refractivity contribution in [1.82, 2.24) is 0 Å². The Balaban J connectivity index is 2.70. The lowest BCUT2D eigenvalue weighted by atomic mass is 10.2. The first-order valence-corrected chi connectivity index (χ1v) is 4.50. The summed E-state index contributed by atoms with van der Waals surface area (Å²) in [5.41, 5.74) is 5.77. The van der Waals surface area contributed by atoms with Crippen LogP contribution < -0.4 is 10.5 Å². The first-order chi connectivity index (χ1) is 6.79. The monoisotopic (exact) mass is 199 g/mol. The molecule has 0 spiro atoms. The zero-order valence-corrected chi connectivity index (χ0v) is 7.87. The highest BCUT2D eigenvalue weighted by molar-refractivity contribution is 5.34. The first kappa shape index (κ1) is 10.9. The van der Waals surface area contributed by atoms with Gasteiger partial charge in [0, 0.05) is 25.1 Å². The highest BCUT2D eigenvalue weighted by atomic mass is 19.1. The van der Waals surface area contributed by atoms with E-state index >= 15 is 0 Å². The molecule has 0 bridgehead atoms. The molecule has 0 fully saturated rings. The van der Waals surface area contributed by atoms with Gasteiger partial charge in [-0.15, -0.1) is 0 Å². The van der Waals surface area contributed by atoms with E-state index in [-0.39, 0.29) is 19.0 Å². The Labute approximate surface area is 82.3 Å². The third-order valence-electron chi connectivity index (χ3n) is 1.84. The van der Waals surface area contributed by atoms with Crippen molar-refractivity contribution < 1.29 is 14.2 Å². The number of rotatable bonds is 5. The maximum Gasteiger partial charge on any atom is 0.131 e. The van der Waals surface area contributed by atoms with Crippen LogP contribution in [0, 0.1) is 5.82 Å². The molecule has 0 aliphatic carbocycles. The molecule has 78 valence electrons. The lowest BCUT2D eigenvalue weighted by Crippen LogP contribution is -2.06. The Bertz CT molecular complexity index is 291. The predicted octanol–water partition coefficient (Wildman–Crippen LogP) is 1.05. The van der Waals surface area contributed by atoms with Gasteiger partial charge in [-0.05, 0) is 12.1 Å². The van der Waals surface area contributed by atoms with Crippen molar-refractivity contribution >= 4 is 0 Å². The molecule has 3 N–H and O–H groups in total. The van der Waals surface area contributed by atoms with Gasteiger partial charge in [0.15, 0.2) is 0 Å². The van der Waals surface area contributed by atoms with E-state index in [1.807, 2.05) is 0 Å². The first-order valence-electron chi connectivity index (χ1n) is 4.50. The van der Waals surface area contributed by atoms with Crippen LogP contribution in [-0.4, -0.2) is 18.3 Å². The van der Waals surface area contributed by atoms with Crippen molar-refractivity contribution in [3.63, 3.8) is 0 Å². The van der Waals surface area contributed by atoms with Crippen molar-refractivity contribution in [1.29, 1.82) is 0 Å². The standard InChI is InChI=1S/C10H14FNO2/c11-9-3-1-4-10(8(9)7-12)14-6-2-5-13/h1,3-4,13H,2,5-7,12H2. The minimum atomic E-state index is -0.353. The van der Waals surface area contributed by atoms with Crippen LogP contribution in [0.2, 0.25) is 0 Å². The Morgan fingerprint density at radius 3 is 2.86 bits per heavy atom. The van der Waals surface area contributed by atoms with E-state index in [0.29, 0.717) is 24.3 Å². The van der Waals surface area contributed by atoms with Crippen LogP contribution in [0.5, 0.6) is 5.75 Å². The van der Waals surface area contributed by atoms with Gasteiger partial charge in [-0.3, -0.25) is 0 Å². The Hall–Kier alpha value is -1.13. The second-order valence-electron chi connectivity index (χ2n) is 2.85. The van der Waals surface area contributed by atoms with Gasteiger partial charge in [0.05, 0.1) is 6.61 Å². The fourth-order valence-corrected chi connectivity index (χ4v) is 1.12. The van der Waals surface area contributed by atoms with Crippen LogP contribution in [0.15, 0.2) is 18.2 Å².